The first-order valence-corrected chi connectivity index (χ1v) is 16.0. The van der Waals surface area contributed by atoms with Crippen LogP contribution >= 0.6 is 11.3 Å². The SMILES string of the molecule is CCOC(=O)c1ccc2nc(N3C4CC[C@H]3C[C@H](OCc3c(C5CC5c5ccccc5)noc3C3CC3)C4)sc2c1. The Morgan fingerprint density at radius 3 is 2.59 bits per heavy atom. The molecule has 2 aromatic heterocycles. The van der Waals surface area contributed by atoms with E-state index >= 15 is 0 Å². The Morgan fingerprint density at radius 2 is 1.83 bits per heavy atom. The second-order valence-electron chi connectivity index (χ2n) is 12.1. The van der Waals surface area contributed by atoms with Gasteiger partial charge in [0.25, 0.3) is 0 Å². The van der Waals surface area contributed by atoms with Gasteiger partial charge in [0.2, 0.25) is 0 Å². The molecule has 4 aliphatic rings. The zero-order chi connectivity index (χ0) is 27.5. The zero-order valence-corrected chi connectivity index (χ0v) is 24.1. The number of ether oxygens (including phenoxy) is 2. The van der Waals surface area contributed by atoms with Crippen molar-refractivity contribution in [2.45, 2.75) is 94.4 Å². The van der Waals surface area contributed by atoms with Crippen molar-refractivity contribution in [3.05, 3.63) is 76.7 Å². The largest absolute Gasteiger partial charge is 0.462 e. The predicted octanol–water partition coefficient (Wildman–Crippen LogP) is 7.33. The molecule has 41 heavy (non-hydrogen) atoms. The molecule has 212 valence electrons. The molecule has 4 heterocycles. The number of nitrogens with zero attached hydrogens (tertiary/aromatic N) is 3. The van der Waals surface area contributed by atoms with Crippen molar-refractivity contribution in [1.82, 2.24) is 10.1 Å². The van der Waals surface area contributed by atoms with Crippen LogP contribution < -0.4 is 4.90 Å². The minimum absolute atomic E-state index is 0.229. The summed E-state index contributed by atoms with van der Waals surface area (Å²) in [4.78, 5) is 19.7. The molecule has 2 saturated heterocycles. The maximum atomic E-state index is 12.2. The first-order chi connectivity index (χ1) is 20.2. The molecule has 8 heteroatoms. The van der Waals surface area contributed by atoms with Crippen molar-refractivity contribution in [3.63, 3.8) is 0 Å². The Bertz CT molecular complexity index is 1560. The molecule has 0 N–H and O–H groups in total. The van der Waals surface area contributed by atoms with E-state index in [2.05, 4.69) is 40.4 Å². The predicted molar refractivity (Wildman–Crippen MR) is 158 cm³/mol. The van der Waals surface area contributed by atoms with Crippen LogP contribution in [0.4, 0.5) is 5.13 Å². The summed E-state index contributed by atoms with van der Waals surface area (Å²) in [6.45, 7) is 2.81. The quantitative estimate of drug-likeness (QED) is 0.195. The van der Waals surface area contributed by atoms with Crippen LogP contribution in [0, 0.1) is 0 Å². The van der Waals surface area contributed by atoms with Gasteiger partial charge in [-0.2, -0.15) is 0 Å². The lowest BCUT2D eigenvalue weighted by atomic mass is 10.00. The maximum absolute atomic E-state index is 12.2. The third kappa shape index (κ3) is 4.75. The lowest BCUT2D eigenvalue weighted by Gasteiger charge is -2.38. The zero-order valence-electron chi connectivity index (χ0n) is 23.3. The van der Waals surface area contributed by atoms with E-state index < -0.39 is 0 Å². The van der Waals surface area contributed by atoms with Gasteiger partial charge in [-0.15, -0.1) is 0 Å². The molecule has 2 saturated carbocycles. The second kappa shape index (κ2) is 10.2. The van der Waals surface area contributed by atoms with E-state index in [0.717, 1.165) is 46.1 Å². The number of fused-ring (bicyclic) bond motifs is 3. The third-order valence-electron chi connectivity index (χ3n) is 9.43. The van der Waals surface area contributed by atoms with E-state index in [1.165, 1.54) is 36.8 Å². The van der Waals surface area contributed by atoms with Crippen LogP contribution in [0.1, 0.15) is 103 Å². The number of anilines is 1. The summed E-state index contributed by atoms with van der Waals surface area (Å²) in [5.41, 5.74) is 5.30. The minimum Gasteiger partial charge on any atom is -0.462 e. The highest BCUT2D eigenvalue weighted by Crippen LogP contribution is 2.56. The van der Waals surface area contributed by atoms with Crippen molar-refractivity contribution in [1.29, 1.82) is 0 Å². The van der Waals surface area contributed by atoms with E-state index in [1.54, 1.807) is 11.3 Å². The summed E-state index contributed by atoms with van der Waals surface area (Å²) in [6.07, 6.45) is 8.11. The molecule has 5 atom stereocenters. The molecule has 4 fully saturated rings. The smallest absolute Gasteiger partial charge is 0.338 e. The number of piperidine rings is 1. The molecule has 0 spiro atoms. The Kier molecular flexibility index (Phi) is 6.37. The standard InChI is InChI=1S/C33H35N3O4S/c1-2-38-32(37)21-10-13-28-29(14-21)41-33(34-28)36-22-11-12-23(36)16-24(15-22)39-18-27-30(35-40-31(27)20-8-9-20)26-17-25(26)19-6-4-3-5-7-19/h3-7,10,13-14,20,22-26H,2,8-9,11-12,15-18H2,1H3/t22-,23?,24-,25?,26?/m0/s1. The van der Waals surface area contributed by atoms with Crippen LogP contribution in [0.3, 0.4) is 0 Å². The molecule has 8 rings (SSSR count). The fourth-order valence-corrected chi connectivity index (χ4v) is 8.29. The Hall–Kier alpha value is -3.23. The van der Waals surface area contributed by atoms with Crippen LogP contribution in [-0.2, 0) is 16.1 Å². The molecule has 0 radical (unpaired) electrons. The van der Waals surface area contributed by atoms with E-state index in [-0.39, 0.29) is 12.1 Å². The van der Waals surface area contributed by atoms with Gasteiger partial charge in [0.15, 0.2) is 5.13 Å². The number of hydrogen-bond acceptors (Lipinski definition) is 8. The molecule has 4 aromatic rings. The van der Waals surface area contributed by atoms with Gasteiger partial charge in [-0.3, -0.25) is 0 Å². The van der Waals surface area contributed by atoms with Crippen LogP contribution in [0.25, 0.3) is 10.2 Å². The van der Waals surface area contributed by atoms with Gasteiger partial charge >= 0.3 is 5.97 Å². The highest BCUT2D eigenvalue weighted by Gasteiger charge is 2.46. The van der Waals surface area contributed by atoms with E-state index in [4.69, 9.17) is 19.0 Å². The fourth-order valence-electron chi connectivity index (χ4n) is 7.14. The summed E-state index contributed by atoms with van der Waals surface area (Å²) in [5, 5.41) is 5.68. The summed E-state index contributed by atoms with van der Waals surface area (Å²) in [7, 11) is 0. The first-order valence-electron chi connectivity index (χ1n) is 15.2. The minimum atomic E-state index is -0.277. The van der Waals surface area contributed by atoms with Crippen molar-refractivity contribution in [2.75, 3.05) is 11.5 Å². The maximum Gasteiger partial charge on any atom is 0.338 e. The number of aromatic nitrogens is 2. The molecule has 7 nitrogen and oxygen atoms in total. The molecule has 2 aromatic carbocycles. The summed E-state index contributed by atoms with van der Waals surface area (Å²) in [5.74, 6) is 2.29. The van der Waals surface area contributed by atoms with Crippen molar-refractivity contribution in [2.24, 2.45) is 0 Å². The summed E-state index contributed by atoms with van der Waals surface area (Å²) >= 11 is 1.68. The van der Waals surface area contributed by atoms with Gasteiger partial charge in [-0.25, -0.2) is 9.78 Å². The van der Waals surface area contributed by atoms with Gasteiger partial charge in [0.1, 0.15) is 5.76 Å². The average molecular weight is 570 g/mol. The Morgan fingerprint density at radius 1 is 1.02 bits per heavy atom. The summed E-state index contributed by atoms with van der Waals surface area (Å²) < 4.78 is 18.9. The molecule has 2 bridgehead atoms. The Balaban J connectivity index is 0.961. The van der Waals surface area contributed by atoms with Crippen LogP contribution in [0.2, 0.25) is 0 Å². The van der Waals surface area contributed by atoms with E-state index in [0.29, 0.717) is 48.6 Å². The molecule has 0 amide bonds. The highest BCUT2D eigenvalue weighted by atomic mass is 32.1. The average Bonchev–Trinajstić information content (AvgIpc) is 3.89. The summed E-state index contributed by atoms with van der Waals surface area (Å²) in [6, 6.07) is 17.3. The number of hydrogen-bond donors (Lipinski definition) is 0. The first kappa shape index (κ1) is 25.5. The number of thiazole rings is 1. The van der Waals surface area contributed by atoms with Gasteiger partial charge in [-0.05, 0) is 81.5 Å². The van der Waals surface area contributed by atoms with Gasteiger partial charge in [0, 0.05) is 29.5 Å². The van der Waals surface area contributed by atoms with Crippen LogP contribution in [0.5, 0.6) is 0 Å². The van der Waals surface area contributed by atoms with Gasteiger partial charge < -0.3 is 18.9 Å². The van der Waals surface area contributed by atoms with E-state index in [1.807, 2.05) is 25.1 Å². The van der Waals surface area contributed by atoms with Gasteiger partial charge in [0.05, 0.1) is 40.8 Å². The fraction of sp³-hybridized carbons (Fsp3) is 0.485. The van der Waals surface area contributed by atoms with Crippen LogP contribution in [-0.4, -0.2) is 40.9 Å². The molecular weight excluding hydrogens is 534 g/mol. The van der Waals surface area contributed by atoms with Gasteiger partial charge in [-0.1, -0.05) is 46.8 Å². The normalized spacial score (nSPS) is 27.0. The lowest BCUT2D eigenvalue weighted by Crippen LogP contribution is -2.45. The number of benzene rings is 2. The second-order valence-corrected chi connectivity index (χ2v) is 13.1. The monoisotopic (exact) mass is 569 g/mol. The number of carbonyl (C=O) groups is 1. The number of rotatable bonds is 9. The lowest BCUT2D eigenvalue weighted by molar-refractivity contribution is 0.0142. The van der Waals surface area contributed by atoms with Crippen molar-refractivity contribution >= 4 is 32.7 Å². The number of carbonyl (C=O) groups excluding carboxylic acids is 1. The van der Waals surface area contributed by atoms with E-state index in [9.17, 15) is 4.79 Å². The molecule has 2 aliphatic heterocycles. The molecular formula is C33H35N3O4S. The molecule has 2 aliphatic carbocycles. The third-order valence-corrected chi connectivity index (χ3v) is 10.5. The number of esters is 1. The topological polar surface area (TPSA) is 77.7 Å². The molecule has 3 unspecified atom stereocenters. The van der Waals surface area contributed by atoms with Crippen molar-refractivity contribution in [3.8, 4) is 0 Å². The Labute approximate surface area is 243 Å². The highest BCUT2D eigenvalue weighted by molar-refractivity contribution is 7.22. The van der Waals surface area contributed by atoms with Crippen LogP contribution in [0.15, 0.2) is 53.1 Å². The van der Waals surface area contributed by atoms with Crippen molar-refractivity contribution < 1.29 is 18.8 Å².